The molecule has 1 aliphatic heterocycles. The highest BCUT2D eigenvalue weighted by atomic mass is 32.2. The molecule has 0 radical (unpaired) electrons. The van der Waals surface area contributed by atoms with Crippen molar-refractivity contribution in [2.45, 2.75) is 18.1 Å². The fourth-order valence-electron chi connectivity index (χ4n) is 1.99. The van der Waals surface area contributed by atoms with Gasteiger partial charge in [-0.05, 0) is 37.1 Å². The lowest BCUT2D eigenvalue weighted by Crippen LogP contribution is -2.18. The van der Waals surface area contributed by atoms with E-state index in [1.807, 2.05) is 36.0 Å². The molecule has 0 unspecified atom stereocenters. The number of hydrogen-bond acceptors (Lipinski definition) is 4. The van der Waals surface area contributed by atoms with Crippen molar-refractivity contribution in [3.8, 4) is 17.6 Å². The van der Waals surface area contributed by atoms with E-state index in [1.165, 1.54) is 0 Å². The molecule has 1 fully saturated rings. The van der Waals surface area contributed by atoms with Crippen molar-refractivity contribution in [2.24, 2.45) is 0 Å². The van der Waals surface area contributed by atoms with Gasteiger partial charge >= 0.3 is 0 Å². The van der Waals surface area contributed by atoms with E-state index >= 15 is 0 Å². The Labute approximate surface area is 124 Å². The third kappa shape index (κ3) is 5.46. The molecular weight excluding hydrogens is 272 g/mol. The Morgan fingerprint density at radius 1 is 1.25 bits per heavy atom. The van der Waals surface area contributed by atoms with Gasteiger partial charge in [0.05, 0.1) is 6.61 Å². The molecule has 4 heteroatoms. The summed E-state index contributed by atoms with van der Waals surface area (Å²) in [5.41, 5.74) is 0.892. The van der Waals surface area contributed by atoms with Crippen molar-refractivity contribution in [3.63, 3.8) is 0 Å². The minimum atomic E-state index is -0.109. The van der Waals surface area contributed by atoms with Gasteiger partial charge in [-0.15, -0.1) is 0 Å². The van der Waals surface area contributed by atoms with Gasteiger partial charge in [-0.2, -0.15) is 11.8 Å². The summed E-state index contributed by atoms with van der Waals surface area (Å²) in [5, 5.41) is 9.35. The monoisotopic (exact) mass is 292 g/mol. The second-order valence-corrected chi connectivity index (χ2v) is 5.92. The van der Waals surface area contributed by atoms with Crippen LogP contribution in [0, 0.1) is 11.8 Å². The van der Waals surface area contributed by atoms with E-state index in [2.05, 4.69) is 11.8 Å². The average molecular weight is 292 g/mol. The molecule has 0 saturated carbocycles. The van der Waals surface area contributed by atoms with Crippen molar-refractivity contribution in [1.82, 2.24) is 0 Å². The molecule has 108 valence electrons. The van der Waals surface area contributed by atoms with Crippen LogP contribution in [0.3, 0.4) is 0 Å². The van der Waals surface area contributed by atoms with Crippen LogP contribution < -0.4 is 4.74 Å². The summed E-state index contributed by atoms with van der Waals surface area (Å²) in [5.74, 6) is 7.36. The summed E-state index contributed by atoms with van der Waals surface area (Å²) in [6.07, 6.45) is 2.31. The second kappa shape index (κ2) is 8.91. The Morgan fingerprint density at radius 2 is 2.00 bits per heavy atom. The van der Waals surface area contributed by atoms with Crippen LogP contribution in [0.4, 0.5) is 0 Å². The van der Waals surface area contributed by atoms with Gasteiger partial charge in [-0.25, -0.2) is 0 Å². The zero-order valence-electron chi connectivity index (χ0n) is 11.5. The van der Waals surface area contributed by atoms with E-state index in [-0.39, 0.29) is 6.61 Å². The van der Waals surface area contributed by atoms with Crippen molar-refractivity contribution in [2.75, 3.05) is 32.2 Å². The van der Waals surface area contributed by atoms with E-state index in [0.29, 0.717) is 0 Å². The number of hydrogen-bond donors (Lipinski definition) is 1. The molecular formula is C16H20O3S. The molecule has 0 amide bonds. The van der Waals surface area contributed by atoms with Gasteiger partial charge < -0.3 is 14.6 Å². The van der Waals surface area contributed by atoms with Crippen LogP contribution in [0.1, 0.15) is 18.4 Å². The fourth-order valence-corrected chi connectivity index (χ4v) is 3.03. The molecule has 0 spiro atoms. The molecule has 1 saturated heterocycles. The maximum Gasteiger partial charge on any atom is 0.119 e. The van der Waals surface area contributed by atoms with Gasteiger partial charge in [-0.1, -0.05) is 11.8 Å². The quantitative estimate of drug-likeness (QED) is 0.668. The Kier molecular flexibility index (Phi) is 6.79. The van der Waals surface area contributed by atoms with E-state index in [9.17, 15) is 0 Å². The molecule has 1 heterocycles. The maximum absolute atomic E-state index is 8.62. The summed E-state index contributed by atoms with van der Waals surface area (Å²) in [4.78, 5) is 0. The van der Waals surface area contributed by atoms with Crippen molar-refractivity contribution in [1.29, 1.82) is 0 Å². The highest BCUT2D eigenvalue weighted by molar-refractivity contribution is 7.99. The lowest BCUT2D eigenvalue weighted by atomic mass is 10.2. The largest absolute Gasteiger partial charge is 0.493 e. The number of rotatable bonds is 5. The number of aliphatic hydroxyl groups excluding tert-OH is 1. The molecule has 2 rings (SSSR count). The molecule has 1 aromatic carbocycles. The van der Waals surface area contributed by atoms with Crippen LogP contribution in [-0.2, 0) is 4.74 Å². The Bertz CT molecular complexity index is 441. The van der Waals surface area contributed by atoms with Gasteiger partial charge in [0.25, 0.3) is 0 Å². The standard InChI is InChI=1S/C16H20O3S/c17-9-1-2-14-3-5-15(6-4-14)19-12-13-20-16-7-10-18-11-8-16/h3-6,16-17H,7-13H2. The first-order chi connectivity index (χ1) is 9.88. The molecule has 0 bridgehead atoms. The van der Waals surface area contributed by atoms with Crippen molar-refractivity contribution < 1.29 is 14.6 Å². The van der Waals surface area contributed by atoms with E-state index in [1.54, 1.807) is 0 Å². The minimum absolute atomic E-state index is 0.109. The third-order valence-electron chi connectivity index (χ3n) is 3.04. The van der Waals surface area contributed by atoms with Crippen LogP contribution in [-0.4, -0.2) is 42.5 Å². The van der Waals surface area contributed by atoms with E-state index in [4.69, 9.17) is 14.6 Å². The Morgan fingerprint density at radius 3 is 2.70 bits per heavy atom. The van der Waals surface area contributed by atoms with Gasteiger partial charge in [0.1, 0.15) is 12.4 Å². The number of thioether (sulfide) groups is 1. The SMILES string of the molecule is OCC#Cc1ccc(OCCSC2CCOCC2)cc1. The Balaban J connectivity index is 1.66. The third-order valence-corrected chi connectivity index (χ3v) is 4.39. The van der Waals surface area contributed by atoms with Crippen LogP contribution in [0.5, 0.6) is 5.75 Å². The predicted molar refractivity (Wildman–Crippen MR) is 82.2 cm³/mol. The van der Waals surface area contributed by atoms with Crippen LogP contribution >= 0.6 is 11.8 Å². The summed E-state index contributed by atoms with van der Waals surface area (Å²) < 4.78 is 11.1. The molecule has 0 atom stereocenters. The van der Waals surface area contributed by atoms with Gasteiger partial charge in [0, 0.05) is 29.8 Å². The molecule has 1 aliphatic rings. The van der Waals surface area contributed by atoms with Gasteiger partial charge in [0.15, 0.2) is 0 Å². The summed E-state index contributed by atoms with van der Waals surface area (Å²) in [6, 6.07) is 7.65. The predicted octanol–water partition coefficient (Wildman–Crippen LogP) is 2.32. The molecule has 0 aliphatic carbocycles. The highest BCUT2D eigenvalue weighted by Gasteiger charge is 2.13. The van der Waals surface area contributed by atoms with Crippen LogP contribution in [0.15, 0.2) is 24.3 Å². The summed E-state index contributed by atoms with van der Waals surface area (Å²) >= 11 is 1.98. The van der Waals surface area contributed by atoms with Crippen molar-refractivity contribution in [3.05, 3.63) is 29.8 Å². The smallest absolute Gasteiger partial charge is 0.119 e. The van der Waals surface area contributed by atoms with Crippen LogP contribution in [0.2, 0.25) is 0 Å². The van der Waals surface area contributed by atoms with Gasteiger partial charge in [0.2, 0.25) is 0 Å². The molecule has 1 N–H and O–H groups in total. The van der Waals surface area contributed by atoms with Gasteiger partial charge in [-0.3, -0.25) is 0 Å². The molecule has 1 aromatic rings. The van der Waals surface area contributed by atoms with E-state index < -0.39 is 0 Å². The first-order valence-electron chi connectivity index (χ1n) is 6.90. The lowest BCUT2D eigenvalue weighted by molar-refractivity contribution is 0.1000. The second-order valence-electron chi connectivity index (χ2n) is 4.52. The lowest BCUT2D eigenvalue weighted by Gasteiger charge is -2.21. The fraction of sp³-hybridized carbons (Fsp3) is 0.500. The first kappa shape index (κ1) is 15.2. The first-order valence-corrected chi connectivity index (χ1v) is 7.95. The topological polar surface area (TPSA) is 38.7 Å². The Hall–Kier alpha value is -1.15. The summed E-state index contributed by atoms with van der Waals surface area (Å²) in [6.45, 7) is 2.41. The molecule has 3 nitrogen and oxygen atoms in total. The number of aliphatic hydroxyl groups is 1. The van der Waals surface area contributed by atoms with E-state index in [0.717, 1.165) is 55.0 Å². The maximum atomic E-state index is 8.62. The molecule has 0 aromatic heterocycles. The minimum Gasteiger partial charge on any atom is -0.493 e. The highest BCUT2D eigenvalue weighted by Crippen LogP contribution is 2.22. The summed E-state index contributed by atoms with van der Waals surface area (Å²) in [7, 11) is 0. The number of benzene rings is 1. The average Bonchev–Trinajstić information content (AvgIpc) is 2.52. The van der Waals surface area contributed by atoms with Crippen molar-refractivity contribution >= 4 is 11.8 Å². The normalized spacial score (nSPS) is 15.4. The zero-order valence-corrected chi connectivity index (χ0v) is 12.3. The molecule has 20 heavy (non-hydrogen) atoms. The zero-order chi connectivity index (χ0) is 14.0. The number of ether oxygens (including phenoxy) is 2. The van der Waals surface area contributed by atoms with Crippen LogP contribution in [0.25, 0.3) is 0 Å².